The first-order chi connectivity index (χ1) is 19.8. The fourth-order valence-corrected chi connectivity index (χ4v) is 4.57. The predicted molar refractivity (Wildman–Crippen MR) is 152 cm³/mol. The van der Waals surface area contributed by atoms with Gasteiger partial charge in [0.25, 0.3) is 5.91 Å². The van der Waals surface area contributed by atoms with Gasteiger partial charge in [-0.15, -0.1) is 0 Å². The normalized spacial score (nSPS) is 14.0. The highest BCUT2D eigenvalue weighted by molar-refractivity contribution is 6.04. The number of halogens is 3. The van der Waals surface area contributed by atoms with Crippen LogP contribution in [0.5, 0.6) is 0 Å². The second-order valence-electron chi connectivity index (χ2n) is 9.78. The number of anilines is 2. The van der Waals surface area contributed by atoms with Crippen molar-refractivity contribution in [3.05, 3.63) is 107 Å². The SMILES string of the molecule is O=C(Nc1cccc(CCNc2cncc(-c3ccc(CN4CCOCC4)cc3)n2)c1)c1cccc(C(F)(F)F)c1. The minimum atomic E-state index is -4.51. The summed E-state index contributed by atoms with van der Waals surface area (Å²) in [6.07, 6.45) is -0.475. The van der Waals surface area contributed by atoms with Crippen molar-refractivity contribution in [1.82, 2.24) is 14.9 Å². The molecule has 7 nitrogen and oxygen atoms in total. The highest BCUT2D eigenvalue weighted by atomic mass is 19.4. The van der Waals surface area contributed by atoms with Crippen molar-refractivity contribution < 1.29 is 22.7 Å². The van der Waals surface area contributed by atoms with Gasteiger partial charge in [-0.05, 0) is 47.9 Å². The van der Waals surface area contributed by atoms with Gasteiger partial charge in [-0.25, -0.2) is 4.98 Å². The third kappa shape index (κ3) is 7.90. The number of nitrogens with one attached hydrogen (secondary N) is 2. The largest absolute Gasteiger partial charge is 0.416 e. The first-order valence-corrected chi connectivity index (χ1v) is 13.4. The van der Waals surface area contributed by atoms with Gasteiger partial charge in [-0.1, -0.05) is 42.5 Å². The van der Waals surface area contributed by atoms with E-state index in [-0.39, 0.29) is 5.56 Å². The van der Waals surface area contributed by atoms with Crippen LogP contribution in [0.1, 0.15) is 27.0 Å². The van der Waals surface area contributed by atoms with E-state index in [1.807, 2.05) is 6.07 Å². The van der Waals surface area contributed by atoms with Crippen LogP contribution in [-0.2, 0) is 23.9 Å². The smallest absolute Gasteiger partial charge is 0.379 e. The maximum atomic E-state index is 13.0. The van der Waals surface area contributed by atoms with E-state index in [4.69, 9.17) is 9.72 Å². The second-order valence-corrected chi connectivity index (χ2v) is 9.78. The summed E-state index contributed by atoms with van der Waals surface area (Å²) in [7, 11) is 0. The van der Waals surface area contributed by atoms with E-state index in [1.54, 1.807) is 30.6 Å². The summed E-state index contributed by atoms with van der Waals surface area (Å²) in [6.45, 7) is 4.91. The van der Waals surface area contributed by atoms with Crippen LogP contribution in [0.3, 0.4) is 0 Å². The number of nitrogens with zero attached hydrogens (tertiary/aromatic N) is 3. The molecule has 0 atom stereocenters. The topological polar surface area (TPSA) is 79.4 Å². The Kier molecular flexibility index (Phi) is 8.91. The molecule has 0 saturated carbocycles. The average molecular weight is 562 g/mol. The molecular weight excluding hydrogens is 531 g/mol. The Morgan fingerprint density at radius 2 is 1.71 bits per heavy atom. The van der Waals surface area contributed by atoms with Crippen LogP contribution >= 0.6 is 0 Å². The molecule has 0 radical (unpaired) electrons. The number of rotatable bonds is 9. The van der Waals surface area contributed by atoms with Crippen LogP contribution < -0.4 is 10.6 Å². The molecule has 1 amide bonds. The van der Waals surface area contributed by atoms with Crippen molar-refractivity contribution >= 4 is 17.4 Å². The third-order valence-corrected chi connectivity index (χ3v) is 6.75. The summed E-state index contributed by atoms with van der Waals surface area (Å²) in [4.78, 5) is 24.0. The molecule has 5 rings (SSSR count). The molecule has 10 heteroatoms. The Labute approximate surface area is 236 Å². The molecule has 0 unspecified atom stereocenters. The number of ether oxygens (including phenoxy) is 1. The minimum Gasteiger partial charge on any atom is -0.379 e. The zero-order valence-electron chi connectivity index (χ0n) is 22.3. The van der Waals surface area contributed by atoms with E-state index in [2.05, 4.69) is 44.8 Å². The Bertz CT molecular complexity index is 1470. The van der Waals surface area contributed by atoms with E-state index in [9.17, 15) is 18.0 Å². The van der Waals surface area contributed by atoms with Gasteiger partial charge in [0.05, 0.1) is 36.9 Å². The fourth-order valence-electron chi connectivity index (χ4n) is 4.57. The summed E-state index contributed by atoms with van der Waals surface area (Å²) >= 11 is 0. The lowest BCUT2D eigenvalue weighted by Gasteiger charge is -2.26. The lowest BCUT2D eigenvalue weighted by atomic mass is 10.1. The van der Waals surface area contributed by atoms with Gasteiger partial charge in [0, 0.05) is 43.0 Å². The molecule has 212 valence electrons. The average Bonchev–Trinajstić information content (AvgIpc) is 2.98. The van der Waals surface area contributed by atoms with Crippen LogP contribution in [-0.4, -0.2) is 53.6 Å². The maximum Gasteiger partial charge on any atom is 0.416 e. The highest BCUT2D eigenvalue weighted by Crippen LogP contribution is 2.29. The Hall–Kier alpha value is -4.28. The van der Waals surface area contributed by atoms with Gasteiger partial charge in [0.1, 0.15) is 5.82 Å². The number of carbonyl (C=O) groups is 1. The number of morpholine rings is 1. The van der Waals surface area contributed by atoms with Crippen molar-refractivity contribution in [3.8, 4) is 11.3 Å². The standard InChI is InChI=1S/C31H30F3N5O2/c32-31(33,34)26-5-2-4-25(18-26)30(40)37-27-6-1-3-22(17-27)11-12-36-29-20-35-19-28(38-29)24-9-7-23(8-10-24)21-39-13-15-41-16-14-39/h1-10,17-20H,11-16,21H2,(H,36,38)(H,37,40). The van der Waals surface area contributed by atoms with E-state index in [0.29, 0.717) is 24.5 Å². The molecule has 1 saturated heterocycles. The number of amides is 1. The van der Waals surface area contributed by atoms with Crippen LogP contribution in [0.25, 0.3) is 11.3 Å². The summed E-state index contributed by atoms with van der Waals surface area (Å²) in [5.74, 6) is 0.0430. The highest BCUT2D eigenvalue weighted by Gasteiger charge is 2.30. The third-order valence-electron chi connectivity index (χ3n) is 6.75. The molecule has 4 aromatic rings. The zero-order chi connectivity index (χ0) is 28.7. The number of hydrogen-bond donors (Lipinski definition) is 2. The number of benzene rings is 3. The van der Waals surface area contributed by atoms with Gasteiger partial charge in [-0.2, -0.15) is 13.2 Å². The molecule has 2 heterocycles. The van der Waals surface area contributed by atoms with E-state index >= 15 is 0 Å². The quantitative estimate of drug-likeness (QED) is 0.265. The molecule has 1 aromatic heterocycles. The Balaban J connectivity index is 1.15. The van der Waals surface area contributed by atoms with E-state index in [1.165, 1.54) is 17.7 Å². The Morgan fingerprint density at radius 1 is 0.927 bits per heavy atom. The Morgan fingerprint density at radius 3 is 2.49 bits per heavy atom. The summed E-state index contributed by atoms with van der Waals surface area (Å²) < 4.78 is 44.4. The van der Waals surface area contributed by atoms with Gasteiger partial charge in [-0.3, -0.25) is 14.7 Å². The number of hydrogen-bond acceptors (Lipinski definition) is 6. The predicted octanol–water partition coefficient (Wildman–Crippen LogP) is 5.90. The van der Waals surface area contributed by atoms with Crippen molar-refractivity contribution in [2.75, 3.05) is 43.5 Å². The van der Waals surface area contributed by atoms with Gasteiger partial charge in [0.2, 0.25) is 0 Å². The molecule has 0 bridgehead atoms. The number of alkyl halides is 3. The van der Waals surface area contributed by atoms with Crippen molar-refractivity contribution in [3.63, 3.8) is 0 Å². The molecule has 1 aliphatic rings. The molecule has 2 N–H and O–H groups in total. The first-order valence-electron chi connectivity index (χ1n) is 13.4. The molecule has 0 spiro atoms. The zero-order valence-corrected chi connectivity index (χ0v) is 22.3. The second kappa shape index (κ2) is 12.9. The maximum absolute atomic E-state index is 13.0. The molecule has 1 fully saturated rings. The van der Waals surface area contributed by atoms with Gasteiger partial charge >= 0.3 is 6.18 Å². The van der Waals surface area contributed by atoms with Gasteiger partial charge in [0.15, 0.2) is 0 Å². The molecular formula is C31H30F3N5O2. The molecule has 41 heavy (non-hydrogen) atoms. The lowest BCUT2D eigenvalue weighted by molar-refractivity contribution is -0.137. The van der Waals surface area contributed by atoms with Crippen LogP contribution in [0.4, 0.5) is 24.7 Å². The lowest BCUT2D eigenvalue weighted by Crippen LogP contribution is -2.35. The number of carbonyl (C=O) groups excluding carboxylic acids is 1. The van der Waals surface area contributed by atoms with E-state index < -0.39 is 17.6 Å². The summed E-state index contributed by atoms with van der Waals surface area (Å²) in [6, 6.07) is 19.9. The number of aromatic nitrogens is 2. The minimum absolute atomic E-state index is 0.0582. The molecule has 0 aliphatic carbocycles. The monoisotopic (exact) mass is 561 g/mol. The molecule has 3 aromatic carbocycles. The fraction of sp³-hybridized carbons (Fsp3) is 0.258. The van der Waals surface area contributed by atoms with Crippen LogP contribution in [0, 0.1) is 0 Å². The van der Waals surface area contributed by atoms with Crippen LogP contribution in [0.2, 0.25) is 0 Å². The summed E-state index contributed by atoms with van der Waals surface area (Å²) in [5, 5.41) is 5.97. The van der Waals surface area contributed by atoms with E-state index in [0.717, 1.165) is 61.8 Å². The van der Waals surface area contributed by atoms with Crippen molar-refractivity contribution in [1.29, 1.82) is 0 Å². The van der Waals surface area contributed by atoms with Crippen LogP contribution in [0.15, 0.2) is 85.2 Å². The first kappa shape index (κ1) is 28.3. The summed E-state index contributed by atoms with van der Waals surface area (Å²) in [5.41, 5.74) is 3.52. The molecule has 1 aliphatic heterocycles. The van der Waals surface area contributed by atoms with Crippen molar-refractivity contribution in [2.45, 2.75) is 19.1 Å². The van der Waals surface area contributed by atoms with Crippen molar-refractivity contribution in [2.24, 2.45) is 0 Å². The van der Waals surface area contributed by atoms with Gasteiger partial charge < -0.3 is 15.4 Å².